The van der Waals surface area contributed by atoms with Crippen LogP contribution < -0.4 is 4.90 Å². The van der Waals surface area contributed by atoms with Gasteiger partial charge in [0.05, 0.1) is 11.7 Å². The first-order valence-electron chi connectivity index (χ1n) is 9.42. The summed E-state index contributed by atoms with van der Waals surface area (Å²) >= 11 is 14.2. The molecule has 3 aromatic rings. The lowest BCUT2D eigenvalue weighted by atomic mass is 10.1. The van der Waals surface area contributed by atoms with Crippen LogP contribution in [0.25, 0.3) is 16.8 Å². The molecule has 1 aromatic carbocycles. The molecule has 150 valence electrons. The van der Waals surface area contributed by atoms with Gasteiger partial charge in [-0.05, 0) is 49.8 Å². The third kappa shape index (κ3) is 4.42. The first-order valence-corrected chi connectivity index (χ1v) is 11.4. The summed E-state index contributed by atoms with van der Waals surface area (Å²) in [6.45, 7) is 3.59. The van der Waals surface area contributed by atoms with Crippen LogP contribution in [-0.2, 0) is 0 Å². The summed E-state index contributed by atoms with van der Waals surface area (Å²) in [4.78, 5) is 7.24. The molecule has 0 aliphatic heterocycles. The second kappa shape index (κ2) is 9.86. The lowest BCUT2D eigenvalue weighted by molar-refractivity contribution is 0.460. The number of imidazole rings is 1. The number of anilines is 1. The predicted octanol–water partition coefficient (Wildman–Crippen LogP) is 7.00. The number of aromatic nitrogens is 2. The molecule has 2 heterocycles. The van der Waals surface area contributed by atoms with Gasteiger partial charge >= 0.3 is 0 Å². The Bertz CT molecular complexity index is 945. The maximum absolute atomic E-state index is 12.6. The van der Waals surface area contributed by atoms with Gasteiger partial charge in [-0.25, -0.2) is 4.98 Å². The molecule has 2 aromatic heterocycles. The van der Waals surface area contributed by atoms with E-state index in [1.807, 2.05) is 36.7 Å². The summed E-state index contributed by atoms with van der Waals surface area (Å²) in [6, 6.07) is 9.55. The number of benzene rings is 1. The number of pyridine rings is 1. The summed E-state index contributed by atoms with van der Waals surface area (Å²) < 4.78 is 14.7. The van der Waals surface area contributed by atoms with Gasteiger partial charge in [0, 0.05) is 35.4 Å². The normalized spacial score (nSPS) is 11.3. The minimum atomic E-state index is -0.276. The number of hydrogen-bond donors (Lipinski definition) is 0. The molecular weight excluding hydrogens is 416 g/mol. The van der Waals surface area contributed by atoms with Crippen LogP contribution in [0.4, 0.5) is 10.2 Å². The number of nitrogens with zero attached hydrogens (tertiary/aromatic N) is 3. The lowest BCUT2D eigenvalue weighted by Crippen LogP contribution is -2.27. The highest BCUT2D eigenvalue weighted by Gasteiger charge is 2.20. The second-order valence-corrected chi connectivity index (χ2v) is 8.21. The molecule has 0 aliphatic rings. The number of fused-ring (bicyclic) bond motifs is 1. The van der Waals surface area contributed by atoms with Crippen LogP contribution in [0.2, 0.25) is 10.0 Å². The third-order valence-electron chi connectivity index (χ3n) is 4.61. The van der Waals surface area contributed by atoms with E-state index in [1.165, 1.54) is 0 Å². The molecule has 3 rings (SSSR count). The zero-order valence-electron chi connectivity index (χ0n) is 16.1. The van der Waals surface area contributed by atoms with Gasteiger partial charge in [-0.3, -0.25) is 8.79 Å². The van der Waals surface area contributed by atoms with Crippen molar-refractivity contribution in [3.05, 3.63) is 46.6 Å². The zero-order valence-corrected chi connectivity index (χ0v) is 18.4. The number of hydrogen-bond acceptors (Lipinski definition) is 3. The number of rotatable bonds is 9. The molecule has 0 saturated heterocycles. The maximum atomic E-state index is 12.6. The fraction of sp³-hybridized carbons (Fsp3) is 0.381. The van der Waals surface area contributed by atoms with Gasteiger partial charge in [0.1, 0.15) is 16.5 Å². The summed E-state index contributed by atoms with van der Waals surface area (Å²) in [5, 5.41) is 2.17. The van der Waals surface area contributed by atoms with Gasteiger partial charge in [-0.1, -0.05) is 36.2 Å². The Morgan fingerprint density at radius 3 is 2.64 bits per heavy atom. The molecule has 0 aliphatic carbocycles. The van der Waals surface area contributed by atoms with Crippen LogP contribution >= 0.6 is 35.0 Å². The highest BCUT2D eigenvalue weighted by atomic mass is 35.5. The maximum Gasteiger partial charge on any atom is 0.147 e. The molecule has 0 saturated carbocycles. The van der Waals surface area contributed by atoms with Gasteiger partial charge in [-0.2, -0.15) is 0 Å². The Morgan fingerprint density at radius 2 is 1.96 bits per heavy atom. The number of alkyl halides is 1. The summed E-state index contributed by atoms with van der Waals surface area (Å²) in [6.07, 6.45) is 6.48. The van der Waals surface area contributed by atoms with E-state index >= 15 is 0 Å². The molecule has 28 heavy (non-hydrogen) atoms. The van der Waals surface area contributed by atoms with E-state index in [9.17, 15) is 4.39 Å². The Labute approximate surface area is 179 Å². The van der Waals surface area contributed by atoms with Crippen molar-refractivity contribution in [3.63, 3.8) is 0 Å². The molecule has 0 N–H and O–H groups in total. The van der Waals surface area contributed by atoms with Crippen molar-refractivity contribution >= 4 is 46.4 Å². The fourth-order valence-electron chi connectivity index (χ4n) is 3.37. The average Bonchev–Trinajstić information content (AvgIpc) is 3.06. The number of thioether (sulfide) groups is 1. The highest BCUT2D eigenvalue weighted by Crippen LogP contribution is 2.37. The van der Waals surface area contributed by atoms with Gasteiger partial charge in [0.2, 0.25) is 0 Å². The lowest BCUT2D eigenvalue weighted by Gasteiger charge is -2.24. The fourth-order valence-corrected chi connectivity index (χ4v) is 4.47. The Kier molecular flexibility index (Phi) is 7.49. The summed E-state index contributed by atoms with van der Waals surface area (Å²) in [7, 11) is 0. The Hall–Kier alpha value is -1.43. The molecule has 7 heteroatoms. The molecule has 0 radical (unpaired) electrons. The van der Waals surface area contributed by atoms with Crippen LogP contribution in [0.5, 0.6) is 0 Å². The Morgan fingerprint density at radius 1 is 1.14 bits per heavy atom. The molecule has 0 fully saturated rings. The average molecular weight is 440 g/mol. The highest BCUT2D eigenvalue weighted by molar-refractivity contribution is 7.98. The monoisotopic (exact) mass is 439 g/mol. The summed E-state index contributed by atoms with van der Waals surface area (Å²) in [5.41, 5.74) is 2.73. The molecule has 0 unspecified atom stereocenters. The molecule has 0 spiro atoms. The quantitative estimate of drug-likeness (QED) is 0.264. The standard InChI is InChI=1S/C21H24Cl2FN3S/c1-3-11-26(12-5-4-10-24)21-20(28-2)25-19-17(7-6-13-27(19)21)16-9-8-15(22)14-18(16)23/h6-9,13-14H,3-5,10-12H2,1-2H3. The van der Waals surface area contributed by atoms with Crippen molar-refractivity contribution in [3.8, 4) is 11.1 Å². The zero-order chi connectivity index (χ0) is 20.1. The van der Waals surface area contributed by atoms with Gasteiger partial charge in [0.25, 0.3) is 0 Å². The predicted molar refractivity (Wildman–Crippen MR) is 120 cm³/mol. The van der Waals surface area contributed by atoms with Gasteiger partial charge in [-0.15, -0.1) is 11.8 Å². The van der Waals surface area contributed by atoms with Gasteiger partial charge in [0.15, 0.2) is 0 Å². The van der Waals surface area contributed by atoms with Crippen molar-refractivity contribution < 1.29 is 4.39 Å². The molecule has 3 nitrogen and oxygen atoms in total. The van der Waals surface area contributed by atoms with E-state index < -0.39 is 0 Å². The Balaban J connectivity index is 2.13. The van der Waals surface area contributed by atoms with Crippen LogP contribution in [0.1, 0.15) is 26.2 Å². The van der Waals surface area contributed by atoms with Crippen LogP contribution in [0.3, 0.4) is 0 Å². The first kappa shape index (κ1) is 21.3. The molecular formula is C21H24Cl2FN3S. The van der Waals surface area contributed by atoms with E-state index in [0.29, 0.717) is 16.5 Å². The largest absolute Gasteiger partial charge is 0.355 e. The SMILES string of the molecule is CCCN(CCCCF)c1c(SC)nc2c(-c3ccc(Cl)cc3Cl)cccn12. The minimum Gasteiger partial charge on any atom is -0.355 e. The second-order valence-electron chi connectivity index (χ2n) is 6.57. The van der Waals surface area contributed by atoms with Crippen molar-refractivity contribution in [2.75, 3.05) is 30.9 Å². The third-order valence-corrected chi connectivity index (χ3v) is 5.82. The van der Waals surface area contributed by atoms with E-state index in [-0.39, 0.29) is 6.67 Å². The van der Waals surface area contributed by atoms with Crippen molar-refractivity contribution in [2.24, 2.45) is 0 Å². The van der Waals surface area contributed by atoms with E-state index in [2.05, 4.69) is 16.2 Å². The van der Waals surface area contributed by atoms with E-state index in [1.54, 1.807) is 17.8 Å². The molecule has 0 atom stereocenters. The van der Waals surface area contributed by atoms with Crippen molar-refractivity contribution in [1.82, 2.24) is 9.38 Å². The molecule has 0 amide bonds. The molecule has 0 bridgehead atoms. The number of unbranched alkanes of at least 4 members (excludes halogenated alkanes) is 1. The topological polar surface area (TPSA) is 20.5 Å². The van der Waals surface area contributed by atoms with Crippen LogP contribution in [0, 0.1) is 0 Å². The van der Waals surface area contributed by atoms with Gasteiger partial charge < -0.3 is 4.90 Å². The van der Waals surface area contributed by atoms with Crippen LogP contribution in [-0.4, -0.2) is 35.4 Å². The summed E-state index contributed by atoms with van der Waals surface area (Å²) in [5.74, 6) is 1.06. The van der Waals surface area contributed by atoms with E-state index in [0.717, 1.165) is 53.5 Å². The number of halogens is 3. The first-order chi connectivity index (χ1) is 13.6. The smallest absolute Gasteiger partial charge is 0.147 e. The van der Waals surface area contributed by atoms with Crippen molar-refractivity contribution in [2.45, 2.75) is 31.2 Å². The minimum absolute atomic E-state index is 0.276. The van der Waals surface area contributed by atoms with Crippen LogP contribution in [0.15, 0.2) is 41.6 Å². The van der Waals surface area contributed by atoms with E-state index in [4.69, 9.17) is 28.2 Å². The van der Waals surface area contributed by atoms with Crippen molar-refractivity contribution in [1.29, 1.82) is 0 Å².